The predicted molar refractivity (Wildman–Crippen MR) is 140 cm³/mol. The van der Waals surface area contributed by atoms with E-state index in [1.54, 1.807) is 0 Å². The van der Waals surface area contributed by atoms with Gasteiger partial charge < -0.3 is 4.42 Å². The van der Waals surface area contributed by atoms with Crippen LogP contribution in [0.5, 0.6) is 0 Å². The van der Waals surface area contributed by atoms with Crippen LogP contribution in [0.1, 0.15) is 26.6 Å². The number of furan rings is 1. The van der Waals surface area contributed by atoms with Gasteiger partial charge in [-0.2, -0.15) is 0 Å². The minimum absolute atomic E-state index is 0.216. The number of fused-ring (bicyclic) bond motifs is 8. The molecule has 7 rings (SSSR count). The molecule has 4 aromatic carbocycles. The Bertz CT molecular complexity index is 1900. The fourth-order valence-electron chi connectivity index (χ4n) is 5.03. The Balaban J connectivity index is 1.72. The zero-order valence-corrected chi connectivity index (χ0v) is 19.3. The molecule has 0 radical (unpaired) electrons. The van der Waals surface area contributed by atoms with Crippen molar-refractivity contribution in [3.8, 4) is 5.82 Å². The highest BCUT2D eigenvalue weighted by Gasteiger charge is 2.25. The van der Waals surface area contributed by atoms with Crippen LogP contribution in [0.4, 0.5) is 0 Å². The van der Waals surface area contributed by atoms with Crippen LogP contribution in [-0.2, 0) is 5.41 Å². The largest absolute Gasteiger partial charge is 0.450 e. The molecule has 0 bridgehead atoms. The predicted octanol–water partition coefficient (Wildman–Crippen LogP) is 7.92. The third-order valence-electron chi connectivity index (χ3n) is 6.65. The second-order valence-corrected chi connectivity index (χ2v) is 9.93. The molecule has 7 aromatic rings. The van der Waals surface area contributed by atoms with Gasteiger partial charge in [0.25, 0.3) is 0 Å². The van der Waals surface area contributed by atoms with Gasteiger partial charge in [0.1, 0.15) is 16.9 Å². The molecule has 0 saturated carbocycles. The molecule has 4 heteroatoms. The van der Waals surface area contributed by atoms with E-state index >= 15 is 0 Å². The summed E-state index contributed by atoms with van der Waals surface area (Å²) in [5.41, 5.74) is 4.40. The summed E-state index contributed by atoms with van der Waals surface area (Å²) in [6.45, 7) is 6.46. The highest BCUT2D eigenvalue weighted by molar-refractivity contribution is 6.21. The number of rotatable bonds is 1. The molecule has 0 amide bonds. The maximum Gasteiger partial charge on any atom is 0.197 e. The van der Waals surface area contributed by atoms with Crippen LogP contribution in [0.2, 0.25) is 0 Å². The van der Waals surface area contributed by atoms with Gasteiger partial charge in [0.2, 0.25) is 0 Å². The molecule has 0 aliphatic heterocycles. The van der Waals surface area contributed by atoms with Gasteiger partial charge >= 0.3 is 0 Å². The first-order valence-corrected chi connectivity index (χ1v) is 11.6. The van der Waals surface area contributed by atoms with Gasteiger partial charge in [-0.15, -0.1) is 0 Å². The van der Waals surface area contributed by atoms with Crippen molar-refractivity contribution in [3.63, 3.8) is 0 Å². The molecule has 0 fully saturated rings. The average molecular weight is 442 g/mol. The summed E-state index contributed by atoms with van der Waals surface area (Å²) in [6, 6.07) is 29.6. The van der Waals surface area contributed by atoms with Crippen molar-refractivity contribution in [3.05, 3.63) is 90.8 Å². The van der Waals surface area contributed by atoms with Crippen molar-refractivity contribution in [2.45, 2.75) is 26.2 Å². The second kappa shape index (κ2) is 6.67. The molecule has 0 saturated heterocycles. The monoisotopic (exact) mass is 441 g/mol. The molecular formula is C30H23N3O. The van der Waals surface area contributed by atoms with Crippen molar-refractivity contribution in [2.24, 2.45) is 0 Å². The van der Waals surface area contributed by atoms with Crippen molar-refractivity contribution in [1.29, 1.82) is 0 Å². The van der Waals surface area contributed by atoms with Crippen LogP contribution in [-0.4, -0.2) is 14.5 Å². The molecule has 0 atom stereocenters. The van der Waals surface area contributed by atoms with Gasteiger partial charge in [0.15, 0.2) is 11.4 Å². The molecule has 0 N–H and O–H groups in total. The normalized spacial score (nSPS) is 12.6. The highest BCUT2D eigenvalue weighted by atomic mass is 16.3. The van der Waals surface area contributed by atoms with Crippen LogP contribution < -0.4 is 0 Å². The summed E-state index contributed by atoms with van der Waals surface area (Å²) in [4.78, 5) is 10.1. The summed E-state index contributed by atoms with van der Waals surface area (Å²) in [5, 5.41) is 5.91. The number of para-hydroxylation sites is 2. The first-order chi connectivity index (χ1) is 16.5. The summed E-state index contributed by atoms with van der Waals surface area (Å²) < 4.78 is 8.66. The average Bonchev–Trinajstić information content (AvgIpc) is 3.39. The van der Waals surface area contributed by atoms with Crippen LogP contribution in [0, 0.1) is 0 Å². The van der Waals surface area contributed by atoms with Gasteiger partial charge in [-0.1, -0.05) is 81.4 Å². The smallest absolute Gasteiger partial charge is 0.197 e. The second-order valence-electron chi connectivity index (χ2n) is 9.93. The third kappa shape index (κ3) is 2.59. The maximum absolute atomic E-state index is 6.41. The number of benzene rings is 4. The van der Waals surface area contributed by atoms with Gasteiger partial charge in [0.05, 0.1) is 11.0 Å². The van der Waals surface area contributed by atoms with E-state index in [1.165, 1.54) is 21.5 Å². The first kappa shape index (κ1) is 19.3. The number of hydrogen-bond donors (Lipinski definition) is 0. The van der Waals surface area contributed by atoms with Crippen LogP contribution in [0.3, 0.4) is 0 Å². The maximum atomic E-state index is 6.41. The molecule has 0 spiro atoms. The van der Waals surface area contributed by atoms with Crippen LogP contribution in [0.15, 0.2) is 89.3 Å². The lowest BCUT2D eigenvalue weighted by molar-refractivity contribution is 0.545. The first-order valence-electron chi connectivity index (χ1n) is 11.6. The van der Waals surface area contributed by atoms with E-state index in [1.807, 2.05) is 18.2 Å². The molecule has 3 heterocycles. The van der Waals surface area contributed by atoms with Crippen LogP contribution >= 0.6 is 0 Å². The minimum atomic E-state index is -0.216. The zero-order chi connectivity index (χ0) is 23.0. The third-order valence-corrected chi connectivity index (χ3v) is 6.65. The molecular weight excluding hydrogens is 418 g/mol. The Morgan fingerprint density at radius 1 is 0.676 bits per heavy atom. The van der Waals surface area contributed by atoms with E-state index in [9.17, 15) is 0 Å². The number of aromatic nitrogens is 3. The number of hydrogen-bond acceptors (Lipinski definition) is 3. The van der Waals surface area contributed by atoms with Gasteiger partial charge in [-0.3, -0.25) is 4.57 Å². The molecule has 34 heavy (non-hydrogen) atoms. The SMILES string of the molecule is CC(C)(C)c1nc(-n2c3ccccc3c3c4ccccc4ccc32)c2oc3ccccc3c2n1. The van der Waals surface area contributed by atoms with E-state index in [-0.39, 0.29) is 5.41 Å². The van der Waals surface area contributed by atoms with E-state index in [0.29, 0.717) is 5.58 Å². The molecule has 4 nitrogen and oxygen atoms in total. The lowest BCUT2D eigenvalue weighted by Crippen LogP contribution is -2.17. The van der Waals surface area contributed by atoms with Gasteiger partial charge in [-0.05, 0) is 35.0 Å². The Labute approximate surface area is 196 Å². The van der Waals surface area contributed by atoms with Gasteiger partial charge in [-0.25, -0.2) is 9.97 Å². The summed E-state index contributed by atoms with van der Waals surface area (Å²) in [7, 11) is 0. The topological polar surface area (TPSA) is 43.9 Å². The van der Waals surface area contributed by atoms with E-state index in [0.717, 1.165) is 39.2 Å². The minimum Gasteiger partial charge on any atom is -0.450 e. The van der Waals surface area contributed by atoms with Gasteiger partial charge in [0, 0.05) is 21.6 Å². The van der Waals surface area contributed by atoms with Crippen LogP contribution in [0.25, 0.3) is 60.5 Å². The Morgan fingerprint density at radius 2 is 1.38 bits per heavy atom. The van der Waals surface area contributed by atoms with Crippen molar-refractivity contribution >= 4 is 54.6 Å². The molecule has 0 aliphatic carbocycles. The van der Waals surface area contributed by atoms with Crippen molar-refractivity contribution in [2.75, 3.05) is 0 Å². The summed E-state index contributed by atoms with van der Waals surface area (Å²) >= 11 is 0. The number of nitrogens with zero attached hydrogens (tertiary/aromatic N) is 3. The Hall–Kier alpha value is -4.18. The highest BCUT2D eigenvalue weighted by Crippen LogP contribution is 2.39. The fourth-order valence-corrected chi connectivity index (χ4v) is 5.03. The standard InChI is InChI=1S/C30H23N3O/c1-30(2,3)29-31-26-21-13-7-9-15-24(21)34-27(26)28(32-29)33-22-14-8-6-12-20(22)25-19-11-5-4-10-18(19)16-17-23(25)33/h4-17H,1-3H3. The zero-order valence-electron chi connectivity index (χ0n) is 19.3. The molecule has 0 aliphatic rings. The van der Waals surface area contributed by atoms with E-state index in [4.69, 9.17) is 14.4 Å². The van der Waals surface area contributed by atoms with Crippen molar-refractivity contribution in [1.82, 2.24) is 14.5 Å². The lowest BCUT2D eigenvalue weighted by Gasteiger charge is -2.18. The summed E-state index contributed by atoms with van der Waals surface area (Å²) in [5.74, 6) is 1.58. The molecule has 3 aromatic heterocycles. The quantitative estimate of drug-likeness (QED) is 0.260. The Kier molecular flexibility index (Phi) is 3.79. The van der Waals surface area contributed by atoms with E-state index < -0.39 is 0 Å². The lowest BCUT2D eigenvalue weighted by atomic mass is 9.95. The Morgan fingerprint density at radius 3 is 2.21 bits per heavy atom. The molecule has 0 unspecified atom stereocenters. The summed E-state index contributed by atoms with van der Waals surface area (Å²) in [6.07, 6.45) is 0. The van der Waals surface area contributed by atoms with Crippen molar-refractivity contribution < 1.29 is 4.42 Å². The molecule has 164 valence electrons. The fraction of sp³-hybridized carbons (Fsp3) is 0.133. The van der Waals surface area contributed by atoms with E-state index in [2.05, 4.69) is 92.1 Å².